The number of hydrogen-bond donors (Lipinski definition) is 1. The number of ether oxygens (including phenoxy) is 1. The van der Waals surface area contributed by atoms with Crippen molar-refractivity contribution in [2.75, 3.05) is 0 Å². The molecule has 1 saturated carbocycles. The van der Waals surface area contributed by atoms with Gasteiger partial charge in [0.25, 0.3) is 0 Å². The Morgan fingerprint density at radius 1 is 1.14 bits per heavy atom. The lowest BCUT2D eigenvalue weighted by atomic mass is 9.82. The molecule has 0 bridgehead atoms. The summed E-state index contributed by atoms with van der Waals surface area (Å²) < 4.78 is 5.66. The Hall–Kier alpha value is -2.40. The van der Waals surface area contributed by atoms with Gasteiger partial charge in [-0.15, -0.1) is 11.3 Å². The predicted molar refractivity (Wildman–Crippen MR) is 108 cm³/mol. The fraction of sp³-hybridized carbons (Fsp3) is 0.391. The third-order valence-electron chi connectivity index (χ3n) is 5.76. The molecule has 1 aliphatic carbocycles. The predicted octanol–water partition coefficient (Wildman–Crippen LogP) is 4.82. The first-order valence-corrected chi connectivity index (χ1v) is 10.7. The number of esters is 1. The molecule has 0 spiro atoms. The number of carbonyl (C=O) groups is 2. The van der Waals surface area contributed by atoms with E-state index in [-0.39, 0.29) is 23.3 Å². The molecular weight excluding hydrogens is 372 g/mol. The Morgan fingerprint density at radius 3 is 2.50 bits per heavy atom. The number of rotatable bonds is 7. The molecule has 3 atom stereocenters. The number of aliphatic hydroxyl groups is 1. The van der Waals surface area contributed by atoms with E-state index in [1.165, 1.54) is 0 Å². The van der Waals surface area contributed by atoms with Gasteiger partial charge in [0.1, 0.15) is 0 Å². The van der Waals surface area contributed by atoms with Gasteiger partial charge in [0.05, 0.1) is 5.57 Å². The summed E-state index contributed by atoms with van der Waals surface area (Å²) in [7, 11) is 0. The maximum atomic E-state index is 13.0. The van der Waals surface area contributed by atoms with Gasteiger partial charge in [-0.2, -0.15) is 0 Å². The molecule has 5 heteroatoms. The lowest BCUT2D eigenvalue weighted by Crippen LogP contribution is -2.42. The van der Waals surface area contributed by atoms with Gasteiger partial charge >= 0.3 is 5.97 Å². The van der Waals surface area contributed by atoms with Crippen molar-refractivity contribution in [3.63, 3.8) is 0 Å². The van der Waals surface area contributed by atoms with E-state index in [4.69, 9.17) is 4.74 Å². The SMILES string of the molecule is CCC(Cc1cccs1)C1OC(=O)C(C(c2ccccc2)C2CC2)=C(O)C1=O. The van der Waals surface area contributed by atoms with Crippen LogP contribution in [0.25, 0.3) is 0 Å². The topological polar surface area (TPSA) is 63.6 Å². The minimum atomic E-state index is -0.918. The van der Waals surface area contributed by atoms with Crippen LogP contribution in [0.3, 0.4) is 0 Å². The Kier molecular flexibility index (Phi) is 5.36. The Bertz CT molecular complexity index is 881. The van der Waals surface area contributed by atoms with Crippen molar-refractivity contribution >= 4 is 23.1 Å². The number of ketones is 1. The molecule has 4 rings (SSSR count). The Labute approximate surface area is 168 Å². The summed E-state index contributed by atoms with van der Waals surface area (Å²) in [5.41, 5.74) is 1.08. The van der Waals surface area contributed by atoms with E-state index < -0.39 is 23.6 Å². The van der Waals surface area contributed by atoms with Crippen molar-refractivity contribution in [3.8, 4) is 0 Å². The largest absolute Gasteiger partial charge is 0.504 e. The van der Waals surface area contributed by atoms with E-state index in [0.29, 0.717) is 12.8 Å². The van der Waals surface area contributed by atoms with Crippen LogP contribution in [0.5, 0.6) is 0 Å². The van der Waals surface area contributed by atoms with Crippen LogP contribution in [0, 0.1) is 11.8 Å². The van der Waals surface area contributed by atoms with Crippen LogP contribution in [-0.4, -0.2) is 23.0 Å². The van der Waals surface area contributed by atoms with Crippen LogP contribution in [0.1, 0.15) is 42.5 Å². The van der Waals surface area contributed by atoms with Gasteiger partial charge in [-0.3, -0.25) is 4.79 Å². The summed E-state index contributed by atoms with van der Waals surface area (Å²) in [6.45, 7) is 1.98. The lowest BCUT2D eigenvalue weighted by molar-refractivity contribution is -0.158. The van der Waals surface area contributed by atoms with Gasteiger partial charge in [0, 0.05) is 16.7 Å². The Morgan fingerprint density at radius 2 is 1.89 bits per heavy atom. The average Bonchev–Trinajstić information content (AvgIpc) is 3.41. The highest BCUT2D eigenvalue weighted by Gasteiger charge is 2.47. The first-order valence-electron chi connectivity index (χ1n) is 9.85. The molecule has 0 amide bonds. The summed E-state index contributed by atoms with van der Waals surface area (Å²) in [6.07, 6.45) is 2.40. The highest BCUT2D eigenvalue weighted by Crippen LogP contribution is 2.48. The second kappa shape index (κ2) is 7.92. The zero-order valence-electron chi connectivity index (χ0n) is 15.8. The molecule has 0 radical (unpaired) electrons. The molecule has 4 nitrogen and oxygen atoms in total. The number of hydrogen-bond acceptors (Lipinski definition) is 5. The van der Waals surface area contributed by atoms with Crippen molar-refractivity contribution < 1.29 is 19.4 Å². The summed E-state index contributed by atoms with van der Waals surface area (Å²) in [4.78, 5) is 27.1. The van der Waals surface area contributed by atoms with Gasteiger partial charge < -0.3 is 9.84 Å². The number of carbonyl (C=O) groups excluding carboxylic acids is 2. The van der Waals surface area contributed by atoms with E-state index in [9.17, 15) is 14.7 Å². The molecular formula is C23H24O4S. The van der Waals surface area contributed by atoms with Gasteiger partial charge in [0.2, 0.25) is 5.78 Å². The van der Waals surface area contributed by atoms with Gasteiger partial charge in [-0.25, -0.2) is 4.79 Å². The lowest BCUT2D eigenvalue weighted by Gasteiger charge is -2.31. The summed E-state index contributed by atoms with van der Waals surface area (Å²) in [5, 5.41) is 12.8. The van der Waals surface area contributed by atoms with E-state index >= 15 is 0 Å². The Balaban J connectivity index is 1.65. The van der Waals surface area contributed by atoms with Crippen molar-refractivity contribution in [1.29, 1.82) is 0 Å². The second-order valence-corrected chi connectivity index (χ2v) is 8.66. The molecule has 2 aromatic rings. The van der Waals surface area contributed by atoms with Crippen LogP contribution >= 0.6 is 11.3 Å². The van der Waals surface area contributed by atoms with E-state index in [1.807, 2.05) is 54.8 Å². The van der Waals surface area contributed by atoms with Crippen LogP contribution in [0.2, 0.25) is 0 Å². The van der Waals surface area contributed by atoms with Gasteiger partial charge in [-0.1, -0.05) is 43.3 Å². The maximum absolute atomic E-state index is 13.0. The molecule has 0 saturated heterocycles. The van der Waals surface area contributed by atoms with Crippen LogP contribution in [0.4, 0.5) is 0 Å². The molecule has 1 aliphatic heterocycles. The number of aliphatic hydroxyl groups excluding tert-OH is 1. The zero-order chi connectivity index (χ0) is 19.7. The van der Waals surface area contributed by atoms with Gasteiger partial charge in [0.15, 0.2) is 11.9 Å². The fourth-order valence-electron chi connectivity index (χ4n) is 4.10. The molecule has 1 fully saturated rings. The summed E-state index contributed by atoms with van der Waals surface area (Å²) >= 11 is 1.62. The normalized spacial score (nSPS) is 22.1. The van der Waals surface area contributed by atoms with E-state index in [1.54, 1.807) is 11.3 Å². The number of benzene rings is 1. The van der Waals surface area contributed by atoms with E-state index in [0.717, 1.165) is 23.3 Å². The molecule has 1 N–H and O–H groups in total. The van der Waals surface area contributed by atoms with Crippen molar-refractivity contribution in [2.24, 2.45) is 11.8 Å². The quantitative estimate of drug-likeness (QED) is 0.682. The third-order valence-corrected chi connectivity index (χ3v) is 6.66. The number of Topliss-reactive ketones (excluding diaryl/α,β-unsaturated/α-hetero) is 1. The number of thiophene rings is 1. The standard InChI is InChI=1S/C23H24O4S/c1-2-14(13-17-9-6-12-28-17)22-21(25)20(24)19(23(26)27-22)18(16-10-11-16)15-7-4-3-5-8-15/h3-9,12,14,16,18,22,24H,2,10-11,13H2,1H3. The van der Waals surface area contributed by atoms with E-state index in [2.05, 4.69) is 0 Å². The molecule has 2 heterocycles. The van der Waals surface area contributed by atoms with Crippen LogP contribution in [-0.2, 0) is 20.7 Å². The number of cyclic esters (lactones) is 1. The fourth-order valence-corrected chi connectivity index (χ4v) is 4.90. The zero-order valence-corrected chi connectivity index (χ0v) is 16.7. The average molecular weight is 397 g/mol. The summed E-state index contributed by atoms with van der Waals surface area (Å²) in [5.74, 6) is -1.56. The highest BCUT2D eigenvalue weighted by molar-refractivity contribution is 7.09. The molecule has 28 heavy (non-hydrogen) atoms. The summed E-state index contributed by atoms with van der Waals surface area (Å²) in [6, 6.07) is 13.6. The van der Waals surface area contributed by atoms with Crippen LogP contribution < -0.4 is 0 Å². The first kappa shape index (κ1) is 18.9. The molecule has 146 valence electrons. The van der Waals surface area contributed by atoms with Crippen molar-refractivity contribution in [3.05, 3.63) is 69.6 Å². The van der Waals surface area contributed by atoms with Gasteiger partial charge in [-0.05, 0) is 48.6 Å². The molecule has 1 aromatic carbocycles. The second-order valence-electron chi connectivity index (χ2n) is 7.63. The van der Waals surface area contributed by atoms with Crippen molar-refractivity contribution in [2.45, 2.75) is 44.6 Å². The van der Waals surface area contributed by atoms with Crippen molar-refractivity contribution in [1.82, 2.24) is 0 Å². The smallest absolute Gasteiger partial charge is 0.339 e. The minimum absolute atomic E-state index is 0.140. The third kappa shape index (κ3) is 3.63. The maximum Gasteiger partial charge on any atom is 0.339 e. The van der Waals surface area contributed by atoms with Crippen LogP contribution in [0.15, 0.2) is 59.2 Å². The molecule has 3 unspecified atom stereocenters. The molecule has 1 aromatic heterocycles. The first-order chi connectivity index (χ1) is 13.6. The highest BCUT2D eigenvalue weighted by atomic mass is 32.1. The monoisotopic (exact) mass is 396 g/mol. The minimum Gasteiger partial charge on any atom is -0.504 e. The molecule has 2 aliphatic rings.